The second kappa shape index (κ2) is 8.87. The van der Waals surface area contributed by atoms with Gasteiger partial charge in [-0.05, 0) is 44.1 Å². The molecule has 1 aliphatic rings. The lowest BCUT2D eigenvalue weighted by atomic mass is 9.91. The van der Waals surface area contributed by atoms with Crippen LogP contribution in [0.3, 0.4) is 0 Å². The Kier molecular flexibility index (Phi) is 7.50. The number of carbonyl (C=O) groups is 2. The molecule has 1 unspecified atom stereocenters. The van der Waals surface area contributed by atoms with Crippen LogP contribution in [0.4, 0.5) is 0 Å². The summed E-state index contributed by atoms with van der Waals surface area (Å²) in [6.45, 7) is 10.2. The second-order valence-electron chi connectivity index (χ2n) is 7.04. The first-order valence-electron chi connectivity index (χ1n) is 8.37. The number of hydrogen-bond acceptors (Lipinski definition) is 2. The maximum Gasteiger partial charge on any atom is 0.163 e. The van der Waals surface area contributed by atoms with E-state index in [9.17, 15) is 9.59 Å². The van der Waals surface area contributed by atoms with Crippen molar-refractivity contribution in [3.05, 3.63) is 34.9 Å². The Morgan fingerprint density at radius 1 is 1.05 bits per heavy atom. The molecule has 22 heavy (non-hydrogen) atoms. The number of rotatable bonds is 1. The van der Waals surface area contributed by atoms with Gasteiger partial charge in [0.15, 0.2) is 5.78 Å². The molecular formula is C20H30O2. The maximum absolute atomic E-state index is 12.5. The summed E-state index contributed by atoms with van der Waals surface area (Å²) in [4.78, 5) is 24.5. The molecule has 0 fully saturated rings. The number of hydrogen-bond donors (Lipinski definition) is 0. The molecule has 0 spiro atoms. The minimum atomic E-state index is 0.198. The zero-order valence-corrected chi connectivity index (χ0v) is 14.7. The SMILES string of the molecule is CC1=CC=C(C(C)C)C(=O)CC(C)=CCCC(C)CC(=O)C1. The van der Waals surface area contributed by atoms with Crippen molar-refractivity contribution in [2.45, 2.75) is 66.7 Å². The fourth-order valence-electron chi connectivity index (χ4n) is 2.81. The molecule has 0 aromatic heterocycles. The molecule has 0 N–H and O–H groups in total. The number of Topliss-reactive ketones (excluding diaryl/α,β-unsaturated/α-hetero) is 2. The van der Waals surface area contributed by atoms with Gasteiger partial charge in [-0.25, -0.2) is 0 Å². The van der Waals surface area contributed by atoms with E-state index in [-0.39, 0.29) is 11.7 Å². The van der Waals surface area contributed by atoms with Crippen LogP contribution in [0.2, 0.25) is 0 Å². The first-order chi connectivity index (χ1) is 10.3. The summed E-state index contributed by atoms with van der Waals surface area (Å²) in [7, 11) is 0. The van der Waals surface area contributed by atoms with Gasteiger partial charge in [-0.1, -0.05) is 50.1 Å². The highest BCUT2D eigenvalue weighted by Crippen LogP contribution is 2.20. The van der Waals surface area contributed by atoms with E-state index >= 15 is 0 Å². The Hall–Kier alpha value is -1.44. The Balaban J connectivity index is 3.06. The Labute approximate surface area is 135 Å². The maximum atomic E-state index is 12.5. The molecule has 0 heterocycles. The smallest absolute Gasteiger partial charge is 0.163 e. The van der Waals surface area contributed by atoms with Crippen molar-refractivity contribution in [1.82, 2.24) is 0 Å². The van der Waals surface area contributed by atoms with Crippen LogP contribution in [-0.4, -0.2) is 11.6 Å². The van der Waals surface area contributed by atoms with Crippen LogP contribution in [0.15, 0.2) is 34.9 Å². The van der Waals surface area contributed by atoms with E-state index in [1.807, 2.05) is 39.8 Å². The lowest BCUT2D eigenvalue weighted by Crippen LogP contribution is -2.10. The summed E-state index contributed by atoms with van der Waals surface area (Å²) in [5.41, 5.74) is 3.02. The van der Waals surface area contributed by atoms with Crippen LogP contribution in [-0.2, 0) is 9.59 Å². The van der Waals surface area contributed by atoms with E-state index in [1.165, 1.54) is 0 Å². The van der Waals surface area contributed by atoms with Gasteiger partial charge in [-0.2, -0.15) is 0 Å². The van der Waals surface area contributed by atoms with Gasteiger partial charge in [0.25, 0.3) is 0 Å². The molecule has 0 saturated heterocycles. The molecule has 1 atom stereocenters. The lowest BCUT2D eigenvalue weighted by Gasteiger charge is -2.13. The molecule has 2 nitrogen and oxygen atoms in total. The molecular weight excluding hydrogens is 272 g/mol. The topological polar surface area (TPSA) is 34.1 Å². The summed E-state index contributed by atoms with van der Waals surface area (Å²) in [6, 6.07) is 0. The third-order valence-electron chi connectivity index (χ3n) is 4.14. The Morgan fingerprint density at radius 2 is 1.73 bits per heavy atom. The van der Waals surface area contributed by atoms with Gasteiger partial charge in [0.05, 0.1) is 0 Å². The second-order valence-corrected chi connectivity index (χ2v) is 7.04. The van der Waals surface area contributed by atoms with Gasteiger partial charge < -0.3 is 0 Å². The van der Waals surface area contributed by atoms with Crippen molar-refractivity contribution in [2.75, 3.05) is 0 Å². The van der Waals surface area contributed by atoms with Crippen molar-refractivity contribution < 1.29 is 9.59 Å². The number of allylic oxidation sites excluding steroid dienone is 6. The molecule has 0 aromatic rings. The fraction of sp³-hybridized carbons (Fsp3) is 0.600. The van der Waals surface area contributed by atoms with Crippen LogP contribution in [0.25, 0.3) is 0 Å². The van der Waals surface area contributed by atoms with Crippen molar-refractivity contribution in [3.63, 3.8) is 0 Å². The van der Waals surface area contributed by atoms with Gasteiger partial charge in [0.1, 0.15) is 5.78 Å². The Bertz CT molecular complexity index is 504. The molecule has 2 heteroatoms. The van der Waals surface area contributed by atoms with Crippen molar-refractivity contribution in [2.24, 2.45) is 11.8 Å². The quantitative estimate of drug-likeness (QED) is 0.624. The summed E-state index contributed by atoms with van der Waals surface area (Å²) in [5.74, 6) is 1.10. The monoisotopic (exact) mass is 302 g/mol. The number of ketones is 2. The third kappa shape index (κ3) is 6.55. The predicted molar refractivity (Wildman–Crippen MR) is 92.7 cm³/mol. The zero-order chi connectivity index (χ0) is 16.7. The standard InChI is InChI=1S/C20H30O2/c1-14(2)19-10-9-17(5)12-18(21)11-15(3)7-6-8-16(4)13-20(19)22/h8-10,14-15H,6-7,11-13H2,1-5H3. The summed E-state index contributed by atoms with van der Waals surface area (Å²) < 4.78 is 0. The highest BCUT2D eigenvalue weighted by atomic mass is 16.1. The average Bonchev–Trinajstić information content (AvgIpc) is 2.36. The first kappa shape index (κ1) is 18.6. The van der Waals surface area contributed by atoms with E-state index in [0.717, 1.165) is 29.6 Å². The highest BCUT2D eigenvalue weighted by molar-refractivity contribution is 5.97. The number of carbonyl (C=O) groups excluding carboxylic acids is 2. The van der Waals surface area contributed by atoms with Crippen LogP contribution < -0.4 is 0 Å². The largest absolute Gasteiger partial charge is 0.299 e. The molecule has 122 valence electrons. The highest BCUT2D eigenvalue weighted by Gasteiger charge is 2.14. The van der Waals surface area contributed by atoms with Gasteiger partial charge in [-0.3, -0.25) is 9.59 Å². The van der Waals surface area contributed by atoms with Crippen molar-refractivity contribution >= 4 is 11.6 Å². The van der Waals surface area contributed by atoms with E-state index in [4.69, 9.17) is 0 Å². The van der Waals surface area contributed by atoms with Crippen LogP contribution in [0, 0.1) is 11.8 Å². The minimum absolute atomic E-state index is 0.198. The van der Waals surface area contributed by atoms with Crippen molar-refractivity contribution in [1.29, 1.82) is 0 Å². The van der Waals surface area contributed by atoms with E-state index in [2.05, 4.69) is 13.0 Å². The first-order valence-corrected chi connectivity index (χ1v) is 8.37. The molecule has 0 radical (unpaired) electrons. The van der Waals surface area contributed by atoms with Gasteiger partial charge >= 0.3 is 0 Å². The molecule has 0 saturated carbocycles. The normalized spacial score (nSPS) is 22.8. The molecule has 1 aliphatic carbocycles. The predicted octanol–water partition coefficient (Wildman–Crippen LogP) is 5.20. The van der Waals surface area contributed by atoms with E-state index in [0.29, 0.717) is 31.0 Å². The summed E-state index contributed by atoms with van der Waals surface area (Å²) in [6.07, 6.45) is 9.62. The Morgan fingerprint density at radius 3 is 2.36 bits per heavy atom. The van der Waals surface area contributed by atoms with Crippen molar-refractivity contribution in [3.8, 4) is 0 Å². The lowest BCUT2D eigenvalue weighted by molar-refractivity contribution is -0.119. The summed E-state index contributed by atoms with van der Waals surface area (Å²) >= 11 is 0. The van der Waals surface area contributed by atoms with Gasteiger partial charge in [0.2, 0.25) is 0 Å². The van der Waals surface area contributed by atoms with Gasteiger partial charge in [-0.15, -0.1) is 0 Å². The molecule has 0 aromatic carbocycles. The van der Waals surface area contributed by atoms with E-state index < -0.39 is 0 Å². The average molecular weight is 302 g/mol. The van der Waals surface area contributed by atoms with Gasteiger partial charge in [0, 0.05) is 19.3 Å². The molecule has 0 aliphatic heterocycles. The van der Waals surface area contributed by atoms with Crippen LogP contribution >= 0.6 is 0 Å². The van der Waals surface area contributed by atoms with Crippen LogP contribution in [0.5, 0.6) is 0 Å². The minimum Gasteiger partial charge on any atom is -0.299 e. The third-order valence-corrected chi connectivity index (χ3v) is 4.14. The summed E-state index contributed by atoms with van der Waals surface area (Å²) in [5, 5.41) is 0. The molecule has 1 rings (SSSR count). The van der Waals surface area contributed by atoms with Crippen LogP contribution in [0.1, 0.15) is 66.7 Å². The molecule has 0 bridgehead atoms. The fourth-order valence-corrected chi connectivity index (χ4v) is 2.81. The molecule has 0 amide bonds. The zero-order valence-electron chi connectivity index (χ0n) is 14.7. The van der Waals surface area contributed by atoms with E-state index in [1.54, 1.807) is 0 Å².